The van der Waals surface area contributed by atoms with Crippen molar-refractivity contribution in [1.82, 2.24) is 5.32 Å². The summed E-state index contributed by atoms with van der Waals surface area (Å²) in [6, 6.07) is 4.63. The van der Waals surface area contributed by atoms with Crippen LogP contribution in [0.25, 0.3) is 0 Å². The van der Waals surface area contributed by atoms with Crippen LogP contribution in [-0.4, -0.2) is 25.3 Å². The first-order valence-corrected chi connectivity index (χ1v) is 7.56. The van der Waals surface area contributed by atoms with Gasteiger partial charge in [-0.2, -0.15) is 0 Å². The molecule has 2 nitrogen and oxygen atoms in total. The Balaban J connectivity index is 1.87. The minimum atomic E-state index is 0.453. The van der Waals surface area contributed by atoms with Crippen LogP contribution in [0.5, 0.6) is 0 Å². The van der Waals surface area contributed by atoms with Gasteiger partial charge in [-0.15, -0.1) is 11.3 Å². The summed E-state index contributed by atoms with van der Waals surface area (Å²) >= 11 is 7.65. The fraction of sp³-hybridized carbons (Fsp3) is 0.692. The number of nitrogens with one attached hydrogen (secondary N) is 1. The summed E-state index contributed by atoms with van der Waals surface area (Å²) in [6.45, 7) is 4.11. The molecule has 0 aromatic carbocycles. The van der Waals surface area contributed by atoms with E-state index in [0.717, 1.165) is 30.3 Å². The molecule has 0 saturated carbocycles. The van der Waals surface area contributed by atoms with E-state index in [4.69, 9.17) is 16.3 Å². The summed E-state index contributed by atoms with van der Waals surface area (Å²) < 4.78 is 6.59. The van der Waals surface area contributed by atoms with Gasteiger partial charge in [-0.3, -0.25) is 0 Å². The van der Waals surface area contributed by atoms with Crippen molar-refractivity contribution in [3.63, 3.8) is 0 Å². The van der Waals surface area contributed by atoms with E-state index >= 15 is 0 Å². The van der Waals surface area contributed by atoms with Crippen LogP contribution in [0.3, 0.4) is 0 Å². The Labute approximate surface area is 112 Å². The zero-order chi connectivity index (χ0) is 12.1. The molecule has 4 heteroatoms. The van der Waals surface area contributed by atoms with E-state index < -0.39 is 0 Å². The molecule has 17 heavy (non-hydrogen) atoms. The highest BCUT2D eigenvalue weighted by atomic mass is 35.5. The standard InChI is InChI=1S/C13H20ClNOS/c1-2-15-10(8-11-4-3-7-16-11)9-12-5-6-13(14)17-12/h5-6,10-11,15H,2-4,7-9H2,1H3. The van der Waals surface area contributed by atoms with E-state index in [1.54, 1.807) is 11.3 Å². The molecule has 1 saturated heterocycles. The average Bonchev–Trinajstić information content (AvgIpc) is 2.91. The molecular weight excluding hydrogens is 254 g/mol. The molecule has 2 heterocycles. The van der Waals surface area contributed by atoms with Crippen LogP contribution >= 0.6 is 22.9 Å². The van der Waals surface area contributed by atoms with E-state index in [1.807, 2.05) is 6.07 Å². The number of hydrogen-bond acceptors (Lipinski definition) is 3. The maximum absolute atomic E-state index is 5.96. The van der Waals surface area contributed by atoms with Crippen molar-refractivity contribution in [3.05, 3.63) is 21.3 Å². The van der Waals surface area contributed by atoms with Gasteiger partial charge >= 0.3 is 0 Å². The molecule has 1 aliphatic heterocycles. The van der Waals surface area contributed by atoms with E-state index in [9.17, 15) is 0 Å². The molecule has 1 aromatic heterocycles. The van der Waals surface area contributed by atoms with Crippen LogP contribution in [0.4, 0.5) is 0 Å². The van der Waals surface area contributed by atoms with Crippen molar-refractivity contribution < 1.29 is 4.74 Å². The lowest BCUT2D eigenvalue weighted by atomic mass is 10.0. The van der Waals surface area contributed by atoms with Gasteiger partial charge in [0.05, 0.1) is 10.4 Å². The SMILES string of the molecule is CCNC(Cc1ccc(Cl)s1)CC1CCCO1. The van der Waals surface area contributed by atoms with Crippen LogP contribution in [0.2, 0.25) is 4.34 Å². The molecule has 2 rings (SSSR count). The predicted octanol–water partition coefficient (Wildman–Crippen LogP) is 3.49. The third-order valence-electron chi connectivity index (χ3n) is 3.14. The summed E-state index contributed by atoms with van der Waals surface area (Å²) in [5.74, 6) is 0. The summed E-state index contributed by atoms with van der Waals surface area (Å²) in [5, 5.41) is 3.55. The van der Waals surface area contributed by atoms with Gasteiger partial charge in [0, 0.05) is 17.5 Å². The Hall–Kier alpha value is -0.0900. The lowest BCUT2D eigenvalue weighted by Crippen LogP contribution is -2.34. The van der Waals surface area contributed by atoms with Crippen LogP contribution in [0, 0.1) is 0 Å². The third-order valence-corrected chi connectivity index (χ3v) is 4.39. The van der Waals surface area contributed by atoms with E-state index in [2.05, 4.69) is 18.3 Å². The van der Waals surface area contributed by atoms with Crippen molar-refractivity contribution in [2.75, 3.05) is 13.2 Å². The van der Waals surface area contributed by atoms with Gasteiger partial charge in [0.1, 0.15) is 0 Å². The molecule has 0 spiro atoms. The Morgan fingerprint density at radius 1 is 1.59 bits per heavy atom. The predicted molar refractivity (Wildman–Crippen MR) is 74.1 cm³/mol. The monoisotopic (exact) mass is 273 g/mol. The molecule has 0 bridgehead atoms. The van der Waals surface area contributed by atoms with Gasteiger partial charge < -0.3 is 10.1 Å². The first kappa shape index (κ1) is 13.3. The van der Waals surface area contributed by atoms with Gasteiger partial charge in [-0.1, -0.05) is 18.5 Å². The molecule has 1 fully saturated rings. The highest BCUT2D eigenvalue weighted by molar-refractivity contribution is 7.16. The smallest absolute Gasteiger partial charge is 0.0931 e. The summed E-state index contributed by atoms with van der Waals surface area (Å²) in [6.07, 6.45) is 5.06. The van der Waals surface area contributed by atoms with Gasteiger partial charge in [-0.05, 0) is 44.4 Å². The maximum Gasteiger partial charge on any atom is 0.0931 e. The van der Waals surface area contributed by atoms with Crippen LogP contribution in [-0.2, 0) is 11.2 Å². The third kappa shape index (κ3) is 4.25. The van der Waals surface area contributed by atoms with E-state index in [-0.39, 0.29) is 0 Å². The fourth-order valence-electron chi connectivity index (χ4n) is 2.38. The molecule has 1 N–H and O–H groups in total. The number of rotatable bonds is 6. The topological polar surface area (TPSA) is 21.3 Å². The molecule has 96 valence electrons. The summed E-state index contributed by atoms with van der Waals surface area (Å²) in [5.41, 5.74) is 0. The van der Waals surface area contributed by atoms with E-state index in [1.165, 1.54) is 17.7 Å². The zero-order valence-corrected chi connectivity index (χ0v) is 11.8. The second kappa shape index (κ2) is 6.74. The zero-order valence-electron chi connectivity index (χ0n) is 10.2. The second-order valence-corrected chi connectivity index (χ2v) is 6.33. The summed E-state index contributed by atoms with van der Waals surface area (Å²) in [7, 11) is 0. The Kier molecular flexibility index (Phi) is 5.29. The first-order chi connectivity index (χ1) is 8.28. The Bertz CT molecular complexity index is 336. The molecule has 2 unspecified atom stereocenters. The fourth-order valence-corrected chi connectivity index (χ4v) is 3.55. The first-order valence-electron chi connectivity index (χ1n) is 6.37. The number of halogens is 1. The highest BCUT2D eigenvalue weighted by Crippen LogP contribution is 2.24. The van der Waals surface area contributed by atoms with Crippen molar-refractivity contribution >= 4 is 22.9 Å². The number of likely N-dealkylation sites (N-methyl/N-ethyl adjacent to an activating group) is 1. The van der Waals surface area contributed by atoms with Crippen LogP contribution in [0.15, 0.2) is 12.1 Å². The minimum absolute atomic E-state index is 0.453. The lowest BCUT2D eigenvalue weighted by Gasteiger charge is -2.20. The number of ether oxygens (including phenoxy) is 1. The Morgan fingerprint density at radius 3 is 3.06 bits per heavy atom. The van der Waals surface area contributed by atoms with Gasteiger partial charge in [0.2, 0.25) is 0 Å². The molecule has 0 aliphatic carbocycles. The Morgan fingerprint density at radius 2 is 2.47 bits per heavy atom. The summed E-state index contributed by atoms with van der Waals surface area (Å²) in [4.78, 5) is 1.36. The molecule has 0 radical (unpaired) electrons. The molecule has 1 aliphatic rings. The molecule has 0 amide bonds. The normalized spacial score (nSPS) is 21.9. The second-order valence-electron chi connectivity index (χ2n) is 4.54. The number of thiophene rings is 1. The van der Waals surface area contributed by atoms with Gasteiger partial charge in [0.15, 0.2) is 0 Å². The average molecular weight is 274 g/mol. The van der Waals surface area contributed by atoms with Crippen molar-refractivity contribution in [3.8, 4) is 0 Å². The highest BCUT2D eigenvalue weighted by Gasteiger charge is 2.20. The number of hydrogen-bond donors (Lipinski definition) is 1. The molecule has 1 aromatic rings. The van der Waals surface area contributed by atoms with E-state index in [0.29, 0.717) is 12.1 Å². The quantitative estimate of drug-likeness (QED) is 0.857. The maximum atomic E-state index is 5.96. The van der Waals surface area contributed by atoms with Gasteiger partial charge in [-0.25, -0.2) is 0 Å². The molecular formula is C13H20ClNOS. The van der Waals surface area contributed by atoms with Crippen molar-refractivity contribution in [2.24, 2.45) is 0 Å². The molecule has 2 atom stereocenters. The van der Waals surface area contributed by atoms with Crippen molar-refractivity contribution in [2.45, 2.75) is 44.8 Å². The lowest BCUT2D eigenvalue weighted by molar-refractivity contribution is 0.0948. The minimum Gasteiger partial charge on any atom is -0.378 e. The van der Waals surface area contributed by atoms with Gasteiger partial charge in [0.25, 0.3) is 0 Å². The largest absolute Gasteiger partial charge is 0.378 e. The van der Waals surface area contributed by atoms with Crippen LogP contribution < -0.4 is 5.32 Å². The van der Waals surface area contributed by atoms with Crippen LogP contribution in [0.1, 0.15) is 31.1 Å². The van der Waals surface area contributed by atoms with Crippen molar-refractivity contribution in [1.29, 1.82) is 0 Å².